The monoisotopic (exact) mass is 560 g/mol. The first kappa shape index (κ1) is 24.7. The van der Waals surface area contributed by atoms with E-state index in [4.69, 9.17) is 0 Å². The minimum Gasteiger partial charge on any atom is -0.289 e. The lowest BCUT2D eigenvalue weighted by Crippen LogP contribution is -2.22. The Morgan fingerprint density at radius 2 is 0.795 bits per heavy atom. The third-order valence-corrected chi connectivity index (χ3v) is 9.18. The molecule has 0 unspecified atom stereocenters. The molecule has 0 saturated heterocycles. The van der Waals surface area contributed by atoms with Crippen molar-refractivity contribution in [1.29, 1.82) is 0 Å². The van der Waals surface area contributed by atoms with Crippen molar-refractivity contribution in [1.82, 2.24) is 0 Å². The Morgan fingerprint density at radius 3 is 1.50 bits per heavy atom. The molecule has 2 nitrogen and oxygen atoms in total. The van der Waals surface area contributed by atoms with E-state index in [1.807, 2.05) is 48.5 Å². The van der Waals surface area contributed by atoms with Gasteiger partial charge in [-0.2, -0.15) is 0 Å². The van der Waals surface area contributed by atoms with Crippen molar-refractivity contribution in [3.8, 4) is 22.3 Å². The first-order chi connectivity index (χ1) is 21.7. The fraction of sp³-hybridized carbons (Fsp3) is 0. The second-order valence-electron chi connectivity index (χ2n) is 11.5. The standard InChI is InChI=1S/C42H24O2/c43-41-35-19-9-18-34(40(35)42(44)36-23-22-26-11-3-4-13-29(26)39(36)41)38-32-16-7-5-14-30(32)37(31-15-6-8-17-33(31)38)28-21-20-25-10-1-2-12-27(25)24-28/h1-24H. The molecule has 8 aromatic rings. The third kappa shape index (κ3) is 3.43. The van der Waals surface area contributed by atoms with E-state index in [1.165, 1.54) is 10.8 Å². The molecule has 0 aromatic heterocycles. The number of fused-ring (bicyclic) bond motifs is 7. The van der Waals surface area contributed by atoms with E-state index in [9.17, 15) is 9.59 Å². The highest BCUT2D eigenvalue weighted by Gasteiger charge is 2.34. The summed E-state index contributed by atoms with van der Waals surface area (Å²) >= 11 is 0. The summed E-state index contributed by atoms with van der Waals surface area (Å²) in [5, 5.41) is 8.47. The third-order valence-electron chi connectivity index (χ3n) is 9.18. The number of hydrogen-bond donors (Lipinski definition) is 0. The van der Waals surface area contributed by atoms with Crippen molar-refractivity contribution in [2.24, 2.45) is 0 Å². The van der Waals surface area contributed by atoms with Gasteiger partial charge in [-0.1, -0.05) is 133 Å². The normalized spacial score (nSPS) is 12.6. The molecular weight excluding hydrogens is 536 g/mol. The van der Waals surface area contributed by atoms with Crippen LogP contribution in [-0.4, -0.2) is 11.6 Å². The van der Waals surface area contributed by atoms with Crippen molar-refractivity contribution in [2.45, 2.75) is 0 Å². The van der Waals surface area contributed by atoms with Gasteiger partial charge in [-0.3, -0.25) is 9.59 Å². The Labute approximate surface area is 253 Å². The number of benzene rings is 8. The summed E-state index contributed by atoms with van der Waals surface area (Å²) in [5.74, 6) is -0.211. The van der Waals surface area contributed by atoms with Gasteiger partial charge in [-0.05, 0) is 77.5 Å². The molecule has 44 heavy (non-hydrogen) atoms. The summed E-state index contributed by atoms with van der Waals surface area (Å²) in [6, 6.07) is 49.2. The number of rotatable bonds is 2. The Morgan fingerprint density at radius 1 is 0.295 bits per heavy atom. The lowest BCUT2D eigenvalue weighted by atomic mass is 9.77. The summed E-state index contributed by atoms with van der Waals surface area (Å²) < 4.78 is 0. The van der Waals surface area contributed by atoms with Gasteiger partial charge in [0.1, 0.15) is 0 Å². The number of hydrogen-bond acceptors (Lipinski definition) is 2. The summed E-state index contributed by atoms with van der Waals surface area (Å²) in [4.78, 5) is 28.6. The molecule has 0 saturated carbocycles. The number of carbonyl (C=O) groups excluding carboxylic acids is 2. The largest absolute Gasteiger partial charge is 0.289 e. The second-order valence-corrected chi connectivity index (χ2v) is 11.5. The lowest BCUT2D eigenvalue weighted by molar-refractivity contribution is 0.0981. The van der Waals surface area contributed by atoms with Crippen LogP contribution in [-0.2, 0) is 0 Å². The van der Waals surface area contributed by atoms with E-state index in [2.05, 4.69) is 91.0 Å². The Balaban J connectivity index is 1.36. The van der Waals surface area contributed by atoms with Crippen LogP contribution < -0.4 is 0 Å². The molecule has 0 amide bonds. The molecule has 0 atom stereocenters. The molecule has 204 valence electrons. The summed E-state index contributed by atoms with van der Waals surface area (Å²) in [5.41, 5.74) is 5.98. The van der Waals surface area contributed by atoms with Crippen LogP contribution in [0.25, 0.3) is 65.3 Å². The van der Waals surface area contributed by atoms with E-state index in [0.717, 1.165) is 54.6 Å². The molecule has 0 heterocycles. The van der Waals surface area contributed by atoms with Crippen molar-refractivity contribution in [2.75, 3.05) is 0 Å². The zero-order valence-corrected chi connectivity index (χ0v) is 23.7. The molecule has 0 fully saturated rings. The van der Waals surface area contributed by atoms with Crippen molar-refractivity contribution < 1.29 is 9.59 Å². The number of ketones is 2. The first-order valence-electron chi connectivity index (χ1n) is 14.9. The van der Waals surface area contributed by atoms with Gasteiger partial charge >= 0.3 is 0 Å². The molecule has 0 N–H and O–H groups in total. The average Bonchev–Trinajstić information content (AvgIpc) is 3.08. The highest BCUT2D eigenvalue weighted by Crippen LogP contribution is 2.46. The Kier molecular flexibility index (Phi) is 5.24. The average molecular weight is 561 g/mol. The zero-order valence-electron chi connectivity index (χ0n) is 23.7. The summed E-state index contributed by atoms with van der Waals surface area (Å²) in [6.45, 7) is 0. The maximum Gasteiger partial charge on any atom is 0.195 e. The van der Waals surface area contributed by atoms with Gasteiger partial charge in [-0.15, -0.1) is 0 Å². The van der Waals surface area contributed by atoms with Crippen LogP contribution in [0.3, 0.4) is 0 Å². The molecule has 1 aliphatic rings. The van der Waals surface area contributed by atoms with Crippen LogP contribution in [0, 0.1) is 0 Å². The smallest absolute Gasteiger partial charge is 0.195 e. The van der Waals surface area contributed by atoms with Gasteiger partial charge in [0.2, 0.25) is 0 Å². The van der Waals surface area contributed by atoms with Gasteiger partial charge < -0.3 is 0 Å². The van der Waals surface area contributed by atoms with Crippen molar-refractivity contribution >= 4 is 54.7 Å². The quantitative estimate of drug-likeness (QED) is 0.197. The molecular formula is C42H24O2. The molecule has 0 spiro atoms. The first-order valence-corrected chi connectivity index (χ1v) is 14.9. The SMILES string of the molecule is O=C1c2ccc3ccccc3c2C(=O)c2cccc(-c3c4ccccc4c(-c4ccc5ccccc5c4)c4ccccc34)c21. The zero-order chi connectivity index (χ0) is 29.4. The molecule has 9 rings (SSSR count). The lowest BCUT2D eigenvalue weighted by Gasteiger charge is -2.24. The molecule has 8 aromatic carbocycles. The van der Waals surface area contributed by atoms with E-state index >= 15 is 0 Å². The minimum atomic E-state index is -0.109. The van der Waals surface area contributed by atoms with Crippen LogP contribution in [0.5, 0.6) is 0 Å². The number of carbonyl (C=O) groups is 2. The van der Waals surface area contributed by atoms with Crippen LogP contribution in [0.2, 0.25) is 0 Å². The predicted molar refractivity (Wildman–Crippen MR) is 181 cm³/mol. The Hall–Kier alpha value is -5.86. The van der Waals surface area contributed by atoms with E-state index in [1.54, 1.807) is 6.07 Å². The van der Waals surface area contributed by atoms with Gasteiger partial charge in [0.15, 0.2) is 11.6 Å². The topological polar surface area (TPSA) is 34.1 Å². The van der Waals surface area contributed by atoms with E-state index in [0.29, 0.717) is 22.3 Å². The maximum atomic E-state index is 14.4. The van der Waals surface area contributed by atoms with Gasteiger partial charge in [-0.25, -0.2) is 0 Å². The fourth-order valence-corrected chi connectivity index (χ4v) is 7.24. The molecule has 0 bridgehead atoms. The van der Waals surface area contributed by atoms with Crippen LogP contribution in [0.15, 0.2) is 146 Å². The highest BCUT2D eigenvalue weighted by molar-refractivity contribution is 6.35. The van der Waals surface area contributed by atoms with Crippen LogP contribution in [0.4, 0.5) is 0 Å². The molecule has 0 aliphatic heterocycles. The minimum absolute atomic E-state index is 0.102. The molecule has 2 heteroatoms. The second kappa shape index (κ2) is 9.32. The predicted octanol–water partition coefficient (Wildman–Crippen LogP) is 10.4. The fourth-order valence-electron chi connectivity index (χ4n) is 7.24. The Bertz CT molecular complexity index is 2480. The van der Waals surface area contributed by atoms with Crippen LogP contribution in [0.1, 0.15) is 31.8 Å². The summed E-state index contributed by atoms with van der Waals surface area (Å²) in [6.07, 6.45) is 0. The van der Waals surface area contributed by atoms with Crippen molar-refractivity contribution in [3.63, 3.8) is 0 Å². The molecule has 0 radical (unpaired) electrons. The van der Waals surface area contributed by atoms with Crippen LogP contribution >= 0.6 is 0 Å². The summed E-state index contributed by atoms with van der Waals surface area (Å²) in [7, 11) is 0. The van der Waals surface area contributed by atoms with Crippen molar-refractivity contribution in [3.05, 3.63) is 168 Å². The van der Waals surface area contributed by atoms with Gasteiger partial charge in [0.05, 0.1) is 0 Å². The van der Waals surface area contributed by atoms with Gasteiger partial charge in [0, 0.05) is 22.3 Å². The van der Waals surface area contributed by atoms with E-state index in [-0.39, 0.29) is 11.6 Å². The van der Waals surface area contributed by atoms with E-state index < -0.39 is 0 Å². The maximum absolute atomic E-state index is 14.4. The van der Waals surface area contributed by atoms with Gasteiger partial charge in [0.25, 0.3) is 0 Å². The highest BCUT2D eigenvalue weighted by atomic mass is 16.1. The molecule has 1 aliphatic carbocycles.